The molecule has 1 N–H and O–H groups in total. The van der Waals surface area contributed by atoms with E-state index in [-0.39, 0.29) is 0 Å². The lowest BCUT2D eigenvalue weighted by Crippen LogP contribution is -2.16. The normalized spacial score (nSPS) is 12.0. The van der Waals surface area contributed by atoms with Crippen LogP contribution < -0.4 is 9.47 Å². The predicted molar refractivity (Wildman–Crippen MR) is 94.2 cm³/mol. The topological polar surface area (TPSA) is 55.8 Å². The second kappa shape index (κ2) is 7.86. The second-order valence-electron chi connectivity index (χ2n) is 6.10. The van der Waals surface area contributed by atoms with Crippen LogP contribution in [0.4, 0.5) is 0 Å². The minimum atomic E-state index is -0.864. The van der Waals surface area contributed by atoms with E-state index in [0.29, 0.717) is 23.7 Å². The minimum Gasteiger partial charge on any atom is -0.497 e. The molecule has 2 aromatic carbocycles. The number of hydrogen-bond donors (Lipinski definition) is 1. The van der Waals surface area contributed by atoms with Crippen molar-refractivity contribution < 1.29 is 19.4 Å². The first-order valence-corrected chi connectivity index (χ1v) is 7.99. The van der Waals surface area contributed by atoms with Gasteiger partial charge in [-0.25, -0.2) is 0 Å². The smallest absolute Gasteiger partial charge is 0.311 e. The minimum absolute atomic E-state index is 0.320. The Morgan fingerprint density at radius 2 is 1.83 bits per heavy atom. The van der Waals surface area contributed by atoms with Crippen molar-refractivity contribution in [3.05, 3.63) is 59.2 Å². The van der Waals surface area contributed by atoms with Gasteiger partial charge in [-0.05, 0) is 41.7 Å². The van der Waals surface area contributed by atoms with Gasteiger partial charge in [0.25, 0.3) is 0 Å². The van der Waals surface area contributed by atoms with Gasteiger partial charge < -0.3 is 14.6 Å². The molecule has 0 aliphatic rings. The molecule has 1 unspecified atom stereocenters. The maximum atomic E-state index is 11.9. The van der Waals surface area contributed by atoms with E-state index in [9.17, 15) is 9.90 Å². The Morgan fingerprint density at radius 1 is 1.08 bits per heavy atom. The predicted octanol–water partition coefficient (Wildman–Crippen LogP) is 4.24. The van der Waals surface area contributed by atoms with Gasteiger partial charge in [-0.15, -0.1) is 0 Å². The van der Waals surface area contributed by atoms with Crippen molar-refractivity contribution in [3.63, 3.8) is 0 Å². The third-order valence-electron chi connectivity index (χ3n) is 4.17. The highest BCUT2D eigenvalue weighted by Crippen LogP contribution is 2.33. The Balaban J connectivity index is 2.43. The maximum absolute atomic E-state index is 11.9. The monoisotopic (exact) mass is 328 g/mol. The molecule has 0 saturated carbocycles. The Bertz CT molecular complexity index is 707. The average molecular weight is 328 g/mol. The van der Waals surface area contributed by atoms with Gasteiger partial charge in [-0.1, -0.05) is 38.1 Å². The molecule has 0 aliphatic carbocycles. The van der Waals surface area contributed by atoms with Gasteiger partial charge in [0.05, 0.1) is 20.1 Å². The first-order valence-electron chi connectivity index (χ1n) is 7.99. The van der Waals surface area contributed by atoms with Crippen LogP contribution in [0.25, 0.3) is 0 Å². The van der Waals surface area contributed by atoms with Crippen molar-refractivity contribution >= 4 is 5.97 Å². The second-order valence-corrected chi connectivity index (χ2v) is 6.10. The largest absolute Gasteiger partial charge is 0.497 e. The fourth-order valence-electron chi connectivity index (χ4n) is 2.75. The van der Waals surface area contributed by atoms with Crippen LogP contribution in [0.5, 0.6) is 11.5 Å². The summed E-state index contributed by atoms with van der Waals surface area (Å²) in [5.74, 6) is 0.109. The number of ether oxygens (including phenoxy) is 2. The standard InChI is InChI=1S/C20H24O4/c1-13(2)15-8-9-19(24-4)17(12-15)18(20(21)22)11-14-6-5-7-16(10-14)23-3/h5-10,12-13,18H,11H2,1-4H3,(H,21,22). The molecule has 0 radical (unpaired) electrons. The lowest BCUT2D eigenvalue weighted by molar-refractivity contribution is -0.138. The highest BCUT2D eigenvalue weighted by molar-refractivity contribution is 5.78. The quantitative estimate of drug-likeness (QED) is 0.826. The number of carboxylic acids is 1. The van der Waals surface area contributed by atoms with Crippen molar-refractivity contribution in [1.29, 1.82) is 0 Å². The summed E-state index contributed by atoms with van der Waals surface area (Å²) in [4.78, 5) is 11.9. The molecule has 0 bridgehead atoms. The summed E-state index contributed by atoms with van der Waals surface area (Å²) < 4.78 is 10.6. The molecule has 128 valence electrons. The van der Waals surface area contributed by atoms with Crippen LogP contribution in [0.2, 0.25) is 0 Å². The molecule has 0 amide bonds. The third-order valence-corrected chi connectivity index (χ3v) is 4.17. The van der Waals surface area contributed by atoms with Crippen molar-refractivity contribution in [3.8, 4) is 11.5 Å². The summed E-state index contributed by atoms with van der Waals surface area (Å²) in [6.07, 6.45) is 0.379. The van der Waals surface area contributed by atoms with E-state index >= 15 is 0 Å². The van der Waals surface area contributed by atoms with E-state index < -0.39 is 11.9 Å². The summed E-state index contributed by atoms with van der Waals surface area (Å²) in [5.41, 5.74) is 2.72. The van der Waals surface area contributed by atoms with Crippen LogP contribution in [-0.4, -0.2) is 25.3 Å². The maximum Gasteiger partial charge on any atom is 0.311 e. The van der Waals surface area contributed by atoms with Crippen LogP contribution >= 0.6 is 0 Å². The number of carboxylic acid groups (broad SMARTS) is 1. The fraction of sp³-hybridized carbons (Fsp3) is 0.350. The number of aliphatic carboxylic acids is 1. The molecule has 0 saturated heterocycles. The molecule has 2 aromatic rings. The van der Waals surface area contributed by atoms with E-state index in [1.807, 2.05) is 42.5 Å². The number of rotatable bonds is 7. The number of hydrogen-bond acceptors (Lipinski definition) is 3. The van der Waals surface area contributed by atoms with Gasteiger partial charge >= 0.3 is 5.97 Å². The van der Waals surface area contributed by atoms with Crippen molar-refractivity contribution in [2.24, 2.45) is 0 Å². The Morgan fingerprint density at radius 3 is 2.42 bits per heavy atom. The van der Waals surface area contributed by atoms with Crippen LogP contribution in [0, 0.1) is 0 Å². The van der Waals surface area contributed by atoms with Crippen molar-refractivity contribution in [2.75, 3.05) is 14.2 Å². The Labute approximate surface area is 143 Å². The SMILES string of the molecule is COc1cccc(CC(C(=O)O)c2cc(C(C)C)ccc2OC)c1. The summed E-state index contributed by atoms with van der Waals surface area (Å²) in [6.45, 7) is 4.17. The van der Waals surface area contributed by atoms with Gasteiger partial charge in [-0.3, -0.25) is 4.79 Å². The van der Waals surface area contributed by atoms with Gasteiger partial charge in [0.2, 0.25) is 0 Å². The van der Waals surface area contributed by atoms with E-state index in [4.69, 9.17) is 9.47 Å². The Kier molecular flexibility index (Phi) is 5.85. The lowest BCUT2D eigenvalue weighted by Gasteiger charge is -2.19. The molecule has 0 spiro atoms. The van der Waals surface area contributed by atoms with Gasteiger partial charge in [0.15, 0.2) is 0 Å². The molecule has 1 atom stereocenters. The molecular formula is C20H24O4. The summed E-state index contributed by atoms with van der Waals surface area (Å²) in [5, 5.41) is 9.78. The van der Waals surface area contributed by atoms with Gasteiger partial charge in [0.1, 0.15) is 11.5 Å². The number of methoxy groups -OCH3 is 2. The molecule has 2 rings (SSSR count). The zero-order chi connectivity index (χ0) is 17.7. The van der Waals surface area contributed by atoms with E-state index in [1.54, 1.807) is 14.2 Å². The summed E-state index contributed by atoms with van der Waals surface area (Å²) in [6, 6.07) is 13.3. The Hall–Kier alpha value is -2.49. The average Bonchev–Trinajstić information content (AvgIpc) is 2.59. The highest BCUT2D eigenvalue weighted by Gasteiger charge is 2.25. The number of carbonyl (C=O) groups is 1. The first-order chi connectivity index (χ1) is 11.5. The van der Waals surface area contributed by atoms with Gasteiger partial charge in [-0.2, -0.15) is 0 Å². The van der Waals surface area contributed by atoms with Crippen LogP contribution in [0.15, 0.2) is 42.5 Å². The van der Waals surface area contributed by atoms with Gasteiger partial charge in [0, 0.05) is 5.56 Å². The molecule has 0 aliphatic heterocycles. The van der Waals surface area contributed by atoms with Crippen molar-refractivity contribution in [2.45, 2.75) is 32.1 Å². The molecule has 4 nitrogen and oxygen atoms in total. The molecule has 0 fully saturated rings. The van der Waals surface area contributed by atoms with Crippen LogP contribution in [0.1, 0.15) is 42.4 Å². The zero-order valence-corrected chi connectivity index (χ0v) is 14.6. The molecule has 4 heteroatoms. The van der Waals surface area contributed by atoms with Crippen LogP contribution in [0.3, 0.4) is 0 Å². The lowest BCUT2D eigenvalue weighted by atomic mass is 9.88. The van der Waals surface area contributed by atoms with E-state index in [0.717, 1.165) is 16.9 Å². The van der Waals surface area contributed by atoms with Crippen LogP contribution in [-0.2, 0) is 11.2 Å². The first kappa shape index (κ1) is 17.9. The number of benzene rings is 2. The van der Waals surface area contributed by atoms with E-state index in [2.05, 4.69) is 13.8 Å². The summed E-state index contributed by atoms with van der Waals surface area (Å²) in [7, 11) is 3.17. The third kappa shape index (κ3) is 4.07. The molecule has 0 aromatic heterocycles. The summed E-state index contributed by atoms with van der Waals surface area (Å²) >= 11 is 0. The highest BCUT2D eigenvalue weighted by atomic mass is 16.5. The fourth-order valence-corrected chi connectivity index (χ4v) is 2.75. The zero-order valence-electron chi connectivity index (χ0n) is 14.6. The van der Waals surface area contributed by atoms with E-state index in [1.165, 1.54) is 0 Å². The molecular weight excluding hydrogens is 304 g/mol. The molecule has 24 heavy (non-hydrogen) atoms. The van der Waals surface area contributed by atoms with Crippen molar-refractivity contribution in [1.82, 2.24) is 0 Å². The molecule has 0 heterocycles.